The van der Waals surface area contributed by atoms with Crippen LogP contribution in [0.4, 0.5) is 13.2 Å². The smallest absolute Gasteiger partial charge is 0.367 e. The average Bonchev–Trinajstić information content (AvgIpc) is 2.78. The molecule has 0 aromatic carbocycles. The lowest BCUT2D eigenvalue weighted by Crippen LogP contribution is -2.58. The summed E-state index contributed by atoms with van der Waals surface area (Å²) in [4.78, 5) is 20.7. The predicted molar refractivity (Wildman–Crippen MR) is 107 cm³/mol. The second-order valence-electron chi connectivity index (χ2n) is 10.1. The summed E-state index contributed by atoms with van der Waals surface area (Å²) >= 11 is 0. The van der Waals surface area contributed by atoms with Gasteiger partial charge in [0, 0.05) is 36.8 Å². The summed E-state index contributed by atoms with van der Waals surface area (Å²) in [5.41, 5.74) is 0.307. The zero-order valence-electron chi connectivity index (χ0n) is 18.0. The molecule has 1 aromatic heterocycles. The molecule has 4 heterocycles. The first-order valence-electron chi connectivity index (χ1n) is 10.8. The lowest BCUT2D eigenvalue weighted by atomic mass is 9.86. The Morgan fingerprint density at radius 1 is 1.26 bits per heavy atom. The molecule has 1 N–H and O–H groups in total. The van der Waals surface area contributed by atoms with Crippen molar-refractivity contribution in [2.45, 2.75) is 83.3 Å². The van der Waals surface area contributed by atoms with Gasteiger partial charge in [0.15, 0.2) is 6.29 Å². The average molecular weight is 441 g/mol. The number of carbonyl (C=O) groups excluding carboxylic acids is 1. The van der Waals surface area contributed by atoms with Crippen molar-refractivity contribution < 1.29 is 27.8 Å². The third-order valence-electron chi connectivity index (χ3n) is 6.70. The van der Waals surface area contributed by atoms with Gasteiger partial charge in [-0.2, -0.15) is 13.2 Å². The Morgan fingerprint density at radius 3 is 2.58 bits per heavy atom. The molecule has 3 aliphatic rings. The monoisotopic (exact) mass is 441 g/mol. The fourth-order valence-electron chi connectivity index (χ4n) is 5.31. The van der Waals surface area contributed by atoms with Crippen LogP contribution in [0.3, 0.4) is 0 Å². The molecule has 6 nitrogen and oxygen atoms in total. The van der Waals surface area contributed by atoms with Crippen LogP contribution in [0.2, 0.25) is 0 Å². The molecule has 3 fully saturated rings. The summed E-state index contributed by atoms with van der Waals surface area (Å²) in [7, 11) is 0. The molecule has 0 spiro atoms. The van der Waals surface area contributed by atoms with Crippen LogP contribution < -0.4 is 0 Å². The van der Waals surface area contributed by atoms with E-state index in [1.165, 1.54) is 4.90 Å². The third-order valence-corrected chi connectivity index (χ3v) is 6.70. The molecule has 3 aliphatic heterocycles. The maximum Gasteiger partial charge on any atom is 0.397 e. The number of aliphatic hydroxyl groups is 1. The van der Waals surface area contributed by atoms with Crippen LogP contribution in [0.15, 0.2) is 24.4 Å². The van der Waals surface area contributed by atoms with Crippen molar-refractivity contribution >= 4 is 5.91 Å². The molecule has 3 bridgehead atoms. The van der Waals surface area contributed by atoms with Crippen LogP contribution in [0, 0.1) is 11.3 Å². The summed E-state index contributed by atoms with van der Waals surface area (Å²) in [6.07, 6.45) is -4.43. The topological polar surface area (TPSA) is 65.9 Å². The van der Waals surface area contributed by atoms with Crippen molar-refractivity contribution in [1.29, 1.82) is 0 Å². The lowest BCUT2D eigenvalue weighted by molar-refractivity contribution is -0.202. The zero-order chi connectivity index (χ0) is 22.6. The summed E-state index contributed by atoms with van der Waals surface area (Å²) in [5, 5.41) is 10.6. The van der Waals surface area contributed by atoms with Crippen LogP contribution in [-0.4, -0.2) is 69.0 Å². The number of likely N-dealkylation sites (tertiary alicyclic amines) is 1. The number of aromatic nitrogens is 1. The molecule has 4 rings (SSSR count). The SMILES string of the molecule is CC(C)(C)C(O)OC1C2C3CC(CC1N3Cc1ccccn1)CN2C(=O)CC(F)(F)F. The summed E-state index contributed by atoms with van der Waals surface area (Å²) in [6.45, 7) is 6.37. The van der Waals surface area contributed by atoms with Gasteiger partial charge in [0.1, 0.15) is 6.42 Å². The molecule has 0 aliphatic carbocycles. The van der Waals surface area contributed by atoms with E-state index in [0.29, 0.717) is 13.1 Å². The van der Waals surface area contributed by atoms with Crippen LogP contribution >= 0.6 is 0 Å². The molecule has 1 aromatic rings. The van der Waals surface area contributed by atoms with E-state index in [2.05, 4.69) is 9.88 Å². The minimum absolute atomic E-state index is 0.0866. The Hall–Kier alpha value is -1.71. The first-order valence-corrected chi connectivity index (χ1v) is 10.8. The Balaban J connectivity index is 1.64. The Bertz CT molecular complexity index is 799. The van der Waals surface area contributed by atoms with Gasteiger partial charge in [0.05, 0.1) is 17.8 Å². The molecule has 0 radical (unpaired) electrons. The molecular formula is C22H30F3N3O3. The number of alkyl halides is 3. The van der Waals surface area contributed by atoms with Gasteiger partial charge < -0.3 is 14.7 Å². The highest BCUT2D eigenvalue weighted by Crippen LogP contribution is 2.48. The van der Waals surface area contributed by atoms with Crippen LogP contribution in [-0.2, 0) is 16.1 Å². The van der Waals surface area contributed by atoms with Crippen molar-refractivity contribution in [2.75, 3.05) is 6.54 Å². The molecule has 6 unspecified atom stereocenters. The fraction of sp³-hybridized carbons (Fsp3) is 0.727. The molecule has 9 heteroatoms. The number of piperidine rings is 2. The van der Waals surface area contributed by atoms with E-state index >= 15 is 0 Å². The van der Waals surface area contributed by atoms with E-state index in [9.17, 15) is 23.1 Å². The van der Waals surface area contributed by atoms with E-state index in [4.69, 9.17) is 4.74 Å². The van der Waals surface area contributed by atoms with Gasteiger partial charge in [-0.05, 0) is 30.9 Å². The number of halogens is 3. The number of rotatable bonds is 5. The van der Waals surface area contributed by atoms with Crippen molar-refractivity contribution in [3.63, 3.8) is 0 Å². The summed E-state index contributed by atoms with van der Waals surface area (Å²) < 4.78 is 45.1. The van der Waals surface area contributed by atoms with Gasteiger partial charge in [0.25, 0.3) is 0 Å². The quantitative estimate of drug-likeness (QED) is 0.712. The highest BCUT2D eigenvalue weighted by atomic mass is 19.4. The van der Waals surface area contributed by atoms with Crippen LogP contribution in [0.1, 0.15) is 45.7 Å². The van der Waals surface area contributed by atoms with Gasteiger partial charge in [-0.15, -0.1) is 0 Å². The number of pyridine rings is 1. The Kier molecular flexibility index (Phi) is 5.81. The first-order chi connectivity index (χ1) is 14.4. The van der Waals surface area contributed by atoms with Crippen LogP contribution in [0.25, 0.3) is 0 Å². The Morgan fingerprint density at radius 2 is 1.97 bits per heavy atom. The largest absolute Gasteiger partial charge is 0.397 e. The predicted octanol–water partition coefficient (Wildman–Crippen LogP) is 2.96. The standard InChI is InChI=1S/C22H30F3N3O3/c1-21(2,3)20(30)31-19-16-9-13-8-15(27(16)12-14-6-4-5-7-26-14)18(19)28(11-13)17(29)10-22(23,24)25/h4-7,13,15-16,18-20,30H,8-12H2,1-3H3. The number of hydrogen-bond acceptors (Lipinski definition) is 5. The summed E-state index contributed by atoms with van der Waals surface area (Å²) in [5.74, 6) is -0.782. The van der Waals surface area contributed by atoms with E-state index in [1.54, 1.807) is 6.20 Å². The van der Waals surface area contributed by atoms with E-state index in [-0.39, 0.29) is 18.0 Å². The molecule has 172 valence electrons. The fourth-order valence-corrected chi connectivity index (χ4v) is 5.31. The van der Waals surface area contributed by atoms with Crippen molar-refractivity contribution in [3.05, 3.63) is 30.1 Å². The molecule has 3 saturated heterocycles. The molecule has 31 heavy (non-hydrogen) atoms. The number of amides is 1. The minimum atomic E-state index is -4.56. The molecule has 0 saturated carbocycles. The number of nitrogens with zero attached hydrogens (tertiary/aromatic N) is 3. The first kappa shape index (κ1) is 22.5. The zero-order valence-corrected chi connectivity index (χ0v) is 18.0. The van der Waals surface area contributed by atoms with Gasteiger partial charge >= 0.3 is 6.18 Å². The number of fused-ring (bicyclic) bond motifs is 2. The second-order valence-corrected chi connectivity index (χ2v) is 10.1. The number of aliphatic hydroxyl groups excluding tert-OH is 1. The number of hydrogen-bond donors (Lipinski definition) is 1. The van der Waals surface area contributed by atoms with E-state index in [0.717, 1.165) is 18.5 Å². The van der Waals surface area contributed by atoms with Crippen molar-refractivity contribution in [1.82, 2.24) is 14.8 Å². The van der Waals surface area contributed by atoms with Gasteiger partial charge in [-0.3, -0.25) is 14.7 Å². The van der Waals surface area contributed by atoms with Crippen molar-refractivity contribution in [3.8, 4) is 0 Å². The maximum atomic E-state index is 13.0. The van der Waals surface area contributed by atoms with Crippen molar-refractivity contribution in [2.24, 2.45) is 11.3 Å². The maximum absolute atomic E-state index is 13.0. The van der Waals surface area contributed by atoms with E-state index in [1.807, 2.05) is 39.0 Å². The number of carbonyl (C=O) groups is 1. The molecule has 1 amide bonds. The third kappa shape index (κ3) is 4.59. The normalized spacial score (nSPS) is 31.8. The van der Waals surface area contributed by atoms with Gasteiger partial charge in [-0.25, -0.2) is 0 Å². The number of ether oxygens (including phenoxy) is 1. The highest BCUT2D eigenvalue weighted by Gasteiger charge is 2.60. The Labute approximate surface area is 180 Å². The molecule has 6 atom stereocenters. The lowest BCUT2D eigenvalue weighted by Gasteiger charge is -2.46. The van der Waals surface area contributed by atoms with Gasteiger partial charge in [-0.1, -0.05) is 26.8 Å². The van der Waals surface area contributed by atoms with Gasteiger partial charge in [0.2, 0.25) is 5.91 Å². The van der Waals surface area contributed by atoms with Crippen LogP contribution in [0.5, 0.6) is 0 Å². The summed E-state index contributed by atoms with van der Waals surface area (Å²) in [6, 6.07) is 4.93. The highest BCUT2D eigenvalue weighted by molar-refractivity contribution is 5.77. The minimum Gasteiger partial charge on any atom is -0.367 e. The molecular weight excluding hydrogens is 411 g/mol. The van der Waals surface area contributed by atoms with E-state index < -0.39 is 42.4 Å². The second kappa shape index (κ2) is 8.01.